The zero-order valence-electron chi connectivity index (χ0n) is 11.9. The molecule has 0 saturated heterocycles. The molecule has 0 fully saturated rings. The lowest BCUT2D eigenvalue weighted by Crippen LogP contribution is -2.29. The van der Waals surface area contributed by atoms with Crippen molar-refractivity contribution in [2.24, 2.45) is 7.05 Å². The molecule has 3 aromatic rings. The minimum absolute atomic E-state index is 0.308. The number of aryl methyl sites for hydroxylation is 1. The number of carbonyl (C=O) groups excluding carboxylic acids is 1. The summed E-state index contributed by atoms with van der Waals surface area (Å²) < 4.78 is 1.88. The molecule has 1 aromatic heterocycles. The molecule has 2 N–H and O–H groups in total. The van der Waals surface area contributed by atoms with E-state index in [0.717, 1.165) is 11.0 Å². The number of nitrogens with zero attached hydrogens (tertiary/aromatic N) is 2. The molecule has 0 aliphatic carbocycles. The highest BCUT2D eigenvalue weighted by Gasteiger charge is 2.11. The van der Waals surface area contributed by atoms with Crippen LogP contribution in [0.1, 0.15) is 10.4 Å². The van der Waals surface area contributed by atoms with Crippen molar-refractivity contribution in [3.63, 3.8) is 0 Å². The number of nitrogens with one attached hydrogen (secondary N) is 2. The van der Waals surface area contributed by atoms with Gasteiger partial charge in [-0.25, -0.2) is 4.98 Å². The average molecular weight is 370 g/mol. The number of hydrogen-bond donors (Lipinski definition) is 2. The lowest BCUT2D eigenvalue weighted by molar-refractivity contribution is 0.0963. The SMILES string of the molecule is Cn1cnc2cc(C(=O)NNc3c(Cl)cc(Cl)cc3Cl)ccc21. The summed E-state index contributed by atoms with van der Waals surface area (Å²) in [5, 5.41) is 1.03. The predicted molar refractivity (Wildman–Crippen MR) is 93.3 cm³/mol. The second-order valence-corrected chi connectivity index (χ2v) is 6.13. The second kappa shape index (κ2) is 6.28. The fraction of sp³-hybridized carbons (Fsp3) is 0.0667. The summed E-state index contributed by atoms with van der Waals surface area (Å²) in [5.74, 6) is -0.334. The molecule has 8 heteroatoms. The highest BCUT2D eigenvalue weighted by atomic mass is 35.5. The summed E-state index contributed by atoms with van der Waals surface area (Å²) in [4.78, 5) is 16.5. The van der Waals surface area contributed by atoms with Gasteiger partial charge >= 0.3 is 0 Å². The van der Waals surface area contributed by atoms with Crippen molar-refractivity contribution in [1.29, 1.82) is 0 Å². The summed E-state index contributed by atoms with van der Waals surface area (Å²) in [6.45, 7) is 0. The molecule has 1 heterocycles. The number of fused-ring (bicyclic) bond motifs is 1. The third kappa shape index (κ3) is 3.22. The van der Waals surface area contributed by atoms with E-state index < -0.39 is 0 Å². The van der Waals surface area contributed by atoms with E-state index in [2.05, 4.69) is 15.8 Å². The maximum Gasteiger partial charge on any atom is 0.269 e. The average Bonchev–Trinajstić information content (AvgIpc) is 2.87. The number of benzene rings is 2. The summed E-state index contributed by atoms with van der Waals surface area (Å²) in [7, 11) is 1.89. The molecule has 0 aliphatic heterocycles. The minimum Gasteiger partial charge on any atom is -0.334 e. The van der Waals surface area contributed by atoms with Crippen LogP contribution in [0.5, 0.6) is 0 Å². The van der Waals surface area contributed by atoms with Crippen LogP contribution in [0, 0.1) is 0 Å². The van der Waals surface area contributed by atoms with Crippen molar-refractivity contribution in [2.75, 3.05) is 5.43 Å². The van der Waals surface area contributed by atoms with Crippen LogP contribution in [0.25, 0.3) is 11.0 Å². The molecule has 5 nitrogen and oxygen atoms in total. The topological polar surface area (TPSA) is 59.0 Å². The zero-order valence-corrected chi connectivity index (χ0v) is 14.2. The first-order chi connectivity index (χ1) is 11.0. The first-order valence-electron chi connectivity index (χ1n) is 6.57. The number of imidazole rings is 1. The van der Waals surface area contributed by atoms with Gasteiger partial charge in [-0.05, 0) is 30.3 Å². The Morgan fingerprint density at radius 2 is 1.83 bits per heavy atom. The fourth-order valence-corrected chi connectivity index (χ4v) is 3.04. The van der Waals surface area contributed by atoms with Gasteiger partial charge in [0.1, 0.15) is 0 Å². The van der Waals surface area contributed by atoms with Gasteiger partial charge < -0.3 is 4.57 Å². The summed E-state index contributed by atoms with van der Waals surface area (Å²) in [6.07, 6.45) is 1.69. The molecule has 2 aromatic carbocycles. The van der Waals surface area contributed by atoms with E-state index in [1.165, 1.54) is 12.1 Å². The van der Waals surface area contributed by atoms with Gasteiger partial charge in [0.15, 0.2) is 0 Å². The normalized spacial score (nSPS) is 10.8. The van der Waals surface area contributed by atoms with Gasteiger partial charge in [0.25, 0.3) is 5.91 Å². The molecular weight excluding hydrogens is 359 g/mol. The van der Waals surface area contributed by atoms with E-state index in [1.807, 2.05) is 17.7 Å². The van der Waals surface area contributed by atoms with E-state index in [-0.39, 0.29) is 5.91 Å². The number of anilines is 1. The first-order valence-corrected chi connectivity index (χ1v) is 7.71. The van der Waals surface area contributed by atoms with Crippen LogP contribution in [0.15, 0.2) is 36.7 Å². The van der Waals surface area contributed by atoms with Crippen molar-refractivity contribution in [2.45, 2.75) is 0 Å². The van der Waals surface area contributed by atoms with Crippen molar-refractivity contribution in [3.8, 4) is 0 Å². The number of amides is 1. The Balaban J connectivity index is 1.78. The van der Waals surface area contributed by atoms with Gasteiger partial charge in [-0.2, -0.15) is 0 Å². The van der Waals surface area contributed by atoms with Crippen molar-refractivity contribution in [1.82, 2.24) is 15.0 Å². The van der Waals surface area contributed by atoms with Gasteiger partial charge in [-0.1, -0.05) is 34.8 Å². The fourth-order valence-electron chi connectivity index (χ4n) is 2.13. The van der Waals surface area contributed by atoms with Crippen LogP contribution in [0.3, 0.4) is 0 Å². The highest BCUT2D eigenvalue weighted by molar-refractivity contribution is 6.41. The number of hydrazine groups is 1. The lowest BCUT2D eigenvalue weighted by Gasteiger charge is -2.12. The van der Waals surface area contributed by atoms with E-state index in [9.17, 15) is 4.79 Å². The molecule has 23 heavy (non-hydrogen) atoms. The largest absolute Gasteiger partial charge is 0.334 e. The highest BCUT2D eigenvalue weighted by Crippen LogP contribution is 2.33. The van der Waals surface area contributed by atoms with E-state index in [1.54, 1.807) is 18.5 Å². The Labute approximate surface area is 147 Å². The minimum atomic E-state index is -0.334. The van der Waals surface area contributed by atoms with Crippen molar-refractivity contribution in [3.05, 3.63) is 57.3 Å². The quantitative estimate of drug-likeness (QED) is 0.677. The maximum absolute atomic E-state index is 12.2. The van der Waals surface area contributed by atoms with Gasteiger partial charge in [-0.3, -0.25) is 15.6 Å². The Morgan fingerprint density at radius 3 is 2.52 bits per heavy atom. The van der Waals surface area contributed by atoms with Gasteiger partial charge in [0, 0.05) is 17.6 Å². The van der Waals surface area contributed by atoms with Crippen LogP contribution in [0.2, 0.25) is 15.1 Å². The molecular formula is C15H11Cl3N4O. The summed E-state index contributed by atoms with van der Waals surface area (Å²) >= 11 is 17.9. The Morgan fingerprint density at radius 1 is 1.13 bits per heavy atom. The molecule has 0 bridgehead atoms. The number of hydrogen-bond acceptors (Lipinski definition) is 3. The Bertz CT molecular complexity index is 884. The Kier molecular flexibility index (Phi) is 4.35. The molecule has 0 spiro atoms. The number of carbonyl (C=O) groups is 1. The van der Waals surface area contributed by atoms with Gasteiger partial charge in [0.05, 0.1) is 33.1 Å². The predicted octanol–water partition coefficient (Wildman–Crippen LogP) is 4.29. The smallest absolute Gasteiger partial charge is 0.269 e. The van der Waals surface area contributed by atoms with Crippen LogP contribution < -0.4 is 10.9 Å². The van der Waals surface area contributed by atoms with Crippen LogP contribution in [-0.2, 0) is 7.05 Å². The maximum atomic E-state index is 12.2. The third-order valence-electron chi connectivity index (χ3n) is 3.30. The first kappa shape index (κ1) is 15.9. The lowest BCUT2D eigenvalue weighted by atomic mass is 10.2. The summed E-state index contributed by atoms with van der Waals surface area (Å²) in [5.41, 5.74) is 7.79. The van der Waals surface area contributed by atoms with Crippen LogP contribution >= 0.6 is 34.8 Å². The third-order valence-corrected chi connectivity index (χ3v) is 4.11. The van der Waals surface area contributed by atoms with Crippen molar-refractivity contribution < 1.29 is 4.79 Å². The number of aromatic nitrogens is 2. The molecule has 1 amide bonds. The number of halogens is 3. The van der Waals surface area contributed by atoms with Crippen LogP contribution in [0.4, 0.5) is 5.69 Å². The second-order valence-electron chi connectivity index (χ2n) is 4.88. The Hall–Kier alpha value is -1.95. The molecule has 118 valence electrons. The summed E-state index contributed by atoms with van der Waals surface area (Å²) in [6, 6.07) is 8.32. The van der Waals surface area contributed by atoms with Gasteiger partial charge in [-0.15, -0.1) is 0 Å². The van der Waals surface area contributed by atoms with E-state index in [0.29, 0.717) is 26.3 Å². The van der Waals surface area contributed by atoms with Gasteiger partial charge in [0.2, 0.25) is 0 Å². The van der Waals surface area contributed by atoms with Crippen molar-refractivity contribution >= 4 is 57.4 Å². The molecule has 0 atom stereocenters. The number of rotatable bonds is 3. The molecule has 0 saturated carbocycles. The van der Waals surface area contributed by atoms with E-state index in [4.69, 9.17) is 34.8 Å². The zero-order chi connectivity index (χ0) is 16.6. The molecule has 0 unspecified atom stereocenters. The molecule has 3 rings (SSSR count). The molecule has 0 aliphatic rings. The monoisotopic (exact) mass is 368 g/mol. The van der Waals surface area contributed by atoms with E-state index >= 15 is 0 Å². The standard InChI is InChI=1S/C15H11Cl3N4O/c1-22-7-19-12-4-8(2-3-13(12)22)15(23)21-20-14-10(17)5-9(16)6-11(14)18/h2-7,20H,1H3,(H,21,23). The van der Waals surface area contributed by atoms with Crippen LogP contribution in [-0.4, -0.2) is 15.5 Å². The molecule has 0 radical (unpaired) electrons.